The number of phosphoric acid groups is 2. The van der Waals surface area contributed by atoms with Gasteiger partial charge in [-0.25, -0.2) is 9.13 Å². The lowest BCUT2D eigenvalue weighted by Gasteiger charge is -2.21. The molecule has 19 heteroatoms. The van der Waals surface area contributed by atoms with Crippen molar-refractivity contribution in [1.82, 2.24) is 0 Å². The number of aliphatic hydroxyl groups excluding tert-OH is 1. The van der Waals surface area contributed by atoms with E-state index >= 15 is 0 Å². The number of carbonyl (C=O) groups is 4. The zero-order valence-corrected chi connectivity index (χ0v) is 54.2. The van der Waals surface area contributed by atoms with Crippen molar-refractivity contribution >= 4 is 39.5 Å². The third-order valence-electron chi connectivity index (χ3n) is 14.4. The van der Waals surface area contributed by atoms with Crippen LogP contribution in [0.1, 0.15) is 293 Å². The highest BCUT2D eigenvalue weighted by atomic mass is 31.2. The molecule has 0 amide bonds. The molecule has 0 saturated heterocycles. The maximum absolute atomic E-state index is 12.9. The normalized spacial score (nSPS) is 14.8. The molecule has 0 fully saturated rings. The van der Waals surface area contributed by atoms with Gasteiger partial charge in [-0.2, -0.15) is 0 Å². The Bertz CT molecular complexity index is 1630. The van der Waals surface area contributed by atoms with E-state index in [1.807, 2.05) is 0 Å². The highest BCUT2D eigenvalue weighted by Crippen LogP contribution is 2.45. The van der Waals surface area contributed by atoms with Crippen molar-refractivity contribution in [3.8, 4) is 0 Å². The zero-order valence-electron chi connectivity index (χ0n) is 52.4. The number of unbranched alkanes of at least 4 members (excludes halogenated alkanes) is 24. The highest BCUT2D eigenvalue weighted by molar-refractivity contribution is 7.47. The average Bonchev–Trinajstić information content (AvgIpc) is 3.41. The van der Waals surface area contributed by atoms with E-state index in [1.165, 1.54) is 83.5 Å². The van der Waals surface area contributed by atoms with Gasteiger partial charge in [0.1, 0.15) is 19.3 Å². The van der Waals surface area contributed by atoms with Gasteiger partial charge in [0.25, 0.3) is 0 Å². The molecule has 0 radical (unpaired) electrons. The standard InChI is InChI=1S/C62H120O17P2/c1-9-55(8)41-33-25-20-21-29-37-45-62(67)79-58(49-73-60(65)43-35-27-19-13-16-24-32-40-54(6)7)51-77-81(70,71)75-47-56(63)46-74-80(68,69)76-50-57(48-72-59(64)42-34-26-18-12-15-23-31-39-53(4)5)78-61(66)44-36-28-17-11-10-14-22-30-38-52(2)3/h52-58,63H,9-51H2,1-8H3,(H,68,69)(H,70,71)/t55?,56?,57-,58-/m1/s1. The average molecular weight is 1200 g/mol. The van der Waals surface area contributed by atoms with Crippen LogP contribution in [0.15, 0.2) is 0 Å². The number of hydrogen-bond acceptors (Lipinski definition) is 15. The smallest absolute Gasteiger partial charge is 0.462 e. The summed E-state index contributed by atoms with van der Waals surface area (Å²) in [4.78, 5) is 72.1. The molecule has 0 spiro atoms. The predicted octanol–water partition coefficient (Wildman–Crippen LogP) is 16.6. The number of rotatable bonds is 59. The summed E-state index contributed by atoms with van der Waals surface area (Å²) in [7, 11) is -9.89. The topological polar surface area (TPSA) is 237 Å². The minimum absolute atomic E-state index is 0.101. The second kappa shape index (κ2) is 52.4. The SMILES string of the molecule is CCC(C)CCCCCCCCC(=O)O[C@H](COC(=O)CCCCCCCCCC(C)C)COP(=O)(O)OCC(O)COP(=O)(O)OC[C@@H](COC(=O)CCCCCCCCCC(C)C)OC(=O)CCCCCCCCCCC(C)C. The van der Waals surface area contributed by atoms with Crippen molar-refractivity contribution < 1.29 is 80.2 Å². The molecule has 3 N–H and O–H groups in total. The molecule has 0 aromatic rings. The number of esters is 4. The van der Waals surface area contributed by atoms with Crippen LogP contribution < -0.4 is 0 Å². The molecule has 6 atom stereocenters. The molecular weight excluding hydrogens is 1080 g/mol. The van der Waals surface area contributed by atoms with Crippen molar-refractivity contribution in [3.05, 3.63) is 0 Å². The Balaban J connectivity index is 5.26. The number of aliphatic hydroxyl groups is 1. The summed E-state index contributed by atoms with van der Waals surface area (Å²) in [5.41, 5.74) is 0. The van der Waals surface area contributed by atoms with Gasteiger partial charge < -0.3 is 33.8 Å². The largest absolute Gasteiger partial charge is 0.472 e. The van der Waals surface area contributed by atoms with Gasteiger partial charge in [-0.15, -0.1) is 0 Å². The van der Waals surface area contributed by atoms with Crippen LogP contribution in [0.5, 0.6) is 0 Å². The second-order valence-electron chi connectivity index (χ2n) is 24.1. The van der Waals surface area contributed by atoms with E-state index in [2.05, 4.69) is 55.4 Å². The van der Waals surface area contributed by atoms with Crippen molar-refractivity contribution in [2.75, 3.05) is 39.6 Å². The molecule has 0 saturated carbocycles. The molecule has 0 heterocycles. The molecule has 0 aliphatic rings. The third kappa shape index (κ3) is 55.7. The molecule has 4 unspecified atom stereocenters. The summed E-state index contributed by atoms with van der Waals surface area (Å²) in [6, 6.07) is 0. The molecule has 81 heavy (non-hydrogen) atoms. The minimum Gasteiger partial charge on any atom is -0.462 e. The molecule has 0 aliphatic heterocycles. The predicted molar refractivity (Wildman–Crippen MR) is 321 cm³/mol. The van der Waals surface area contributed by atoms with Crippen molar-refractivity contribution in [2.24, 2.45) is 23.7 Å². The maximum atomic E-state index is 12.9. The lowest BCUT2D eigenvalue weighted by Crippen LogP contribution is -2.30. The Kier molecular flexibility index (Phi) is 51.1. The van der Waals surface area contributed by atoms with E-state index in [0.717, 1.165) is 115 Å². The summed E-state index contributed by atoms with van der Waals surface area (Å²) in [6.07, 6.45) is 31.0. The molecule has 480 valence electrons. The number of hydrogen-bond donors (Lipinski definition) is 3. The van der Waals surface area contributed by atoms with Crippen molar-refractivity contribution in [1.29, 1.82) is 0 Å². The first-order valence-corrected chi connectivity index (χ1v) is 35.2. The van der Waals surface area contributed by atoms with E-state index in [-0.39, 0.29) is 25.7 Å². The van der Waals surface area contributed by atoms with Gasteiger partial charge in [-0.3, -0.25) is 37.3 Å². The summed E-state index contributed by atoms with van der Waals surface area (Å²) < 4.78 is 67.9. The van der Waals surface area contributed by atoms with Gasteiger partial charge in [-0.05, 0) is 49.4 Å². The molecule has 0 aromatic heterocycles. The lowest BCUT2D eigenvalue weighted by atomic mass is 10.00. The quantitative estimate of drug-likeness (QED) is 0.0222. The summed E-state index contributed by atoms with van der Waals surface area (Å²) in [5.74, 6) is 0.702. The van der Waals surface area contributed by atoms with Crippen LogP contribution in [0.3, 0.4) is 0 Å². The fourth-order valence-corrected chi connectivity index (χ4v) is 10.6. The fraction of sp³-hybridized carbons (Fsp3) is 0.935. The highest BCUT2D eigenvalue weighted by Gasteiger charge is 2.30. The number of phosphoric ester groups is 2. The molecule has 0 aromatic carbocycles. The van der Waals surface area contributed by atoms with E-state index < -0.39 is 97.5 Å². The van der Waals surface area contributed by atoms with E-state index in [0.29, 0.717) is 37.5 Å². The van der Waals surface area contributed by atoms with Gasteiger partial charge in [0, 0.05) is 25.7 Å². The summed E-state index contributed by atoms with van der Waals surface area (Å²) in [5, 5.41) is 10.5. The van der Waals surface area contributed by atoms with E-state index in [1.54, 1.807) is 0 Å². The second-order valence-corrected chi connectivity index (χ2v) is 27.0. The van der Waals surface area contributed by atoms with Gasteiger partial charge in [0.15, 0.2) is 12.2 Å². The van der Waals surface area contributed by atoms with Crippen LogP contribution in [0.4, 0.5) is 0 Å². The zero-order chi connectivity index (χ0) is 60.4. The Hall–Kier alpha value is -1.94. The Morgan fingerprint density at radius 2 is 0.593 bits per heavy atom. The first-order chi connectivity index (χ1) is 38.6. The minimum atomic E-state index is -4.94. The van der Waals surface area contributed by atoms with Gasteiger partial charge in [0.05, 0.1) is 26.4 Å². The Morgan fingerprint density at radius 3 is 0.877 bits per heavy atom. The molecule has 0 rings (SSSR count). The van der Waals surface area contributed by atoms with Crippen LogP contribution in [0.25, 0.3) is 0 Å². The van der Waals surface area contributed by atoms with Crippen molar-refractivity contribution in [3.63, 3.8) is 0 Å². The molecule has 17 nitrogen and oxygen atoms in total. The van der Waals surface area contributed by atoms with Gasteiger partial charge in [0.2, 0.25) is 0 Å². The summed E-state index contributed by atoms with van der Waals surface area (Å²) in [6.45, 7) is 13.9. The lowest BCUT2D eigenvalue weighted by molar-refractivity contribution is -0.161. The number of carbonyl (C=O) groups excluding carboxylic acids is 4. The van der Waals surface area contributed by atoms with Crippen molar-refractivity contribution in [2.45, 2.75) is 311 Å². The van der Waals surface area contributed by atoms with E-state index in [9.17, 15) is 43.2 Å². The van der Waals surface area contributed by atoms with Gasteiger partial charge >= 0.3 is 39.5 Å². The van der Waals surface area contributed by atoms with Crippen LogP contribution in [-0.4, -0.2) is 96.7 Å². The number of ether oxygens (including phenoxy) is 4. The first kappa shape index (κ1) is 79.1. The van der Waals surface area contributed by atoms with Gasteiger partial charge in [-0.1, -0.05) is 242 Å². The maximum Gasteiger partial charge on any atom is 0.472 e. The molecule has 0 bridgehead atoms. The summed E-state index contributed by atoms with van der Waals surface area (Å²) >= 11 is 0. The third-order valence-corrected chi connectivity index (χ3v) is 16.3. The van der Waals surface area contributed by atoms with Crippen LogP contribution in [0.2, 0.25) is 0 Å². The first-order valence-electron chi connectivity index (χ1n) is 32.2. The Labute approximate surface area is 492 Å². The van der Waals surface area contributed by atoms with Crippen LogP contribution in [-0.2, 0) is 65.4 Å². The monoisotopic (exact) mass is 1200 g/mol. The molecular formula is C62H120O17P2. The van der Waals surface area contributed by atoms with E-state index in [4.69, 9.17) is 37.0 Å². The molecule has 0 aliphatic carbocycles. The van der Waals surface area contributed by atoms with Crippen LogP contribution >= 0.6 is 15.6 Å². The fourth-order valence-electron chi connectivity index (χ4n) is 9.04. The van der Waals surface area contributed by atoms with Crippen LogP contribution in [0, 0.1) is 23.7 Å². The Morgan fingerprint density at radius 1 is 0.346 bits per heavy atom.